The van der Waals surface area contributed by atoms with E-state index in [1.807, 2.05) is 30.5 Å². The molecule has 0 aliphatic carbocycles. The van der Waals surface area contributed by atoms with Crippen LogP contribution in [0.3, 0.4) is 0 Å². The molecule has 0 saturated heterocycles. The highest BCUT2D eigenvalue weighted by Crippen LogP contribution is 2.30. The maximum absolute atomic E-state index is 10.8. The molecule has 0 aliphatic heterocycles. The number of alkyl halides is 3. The zero-order valence-electron chi connectivity index (χ0n) is 15.0. The SMILES string of the molecule is Clc1cnccc1-c1ccc2c(ccn2-c2ccccn2)c1.O=CCC(F)(F)F. The van der Waals surface area contributed by atoms with Crippen molar-refractivity contribution in [3.8, 4) is 16.9 Å². The van der Waals surface area contributed by atoms with Gasteiger partial charge in [-0.25, -0.2) is 4.98 Å². The van der Waals surface area contributed by atoms with Gasteiger partial charge < -0.3 is 9.36 Å². The van der Waals surface area contributed by atoms with Gasteiger partial charge in [-0.2, -0.15) is 13.2 Å². The molecule has 0 amide bonds. The Morgan fingerprint density at radius 3 is 2.52 bits per heavy atom. The maximum Gasteiger partial charge on any atom is 0.395 e. The van der Waals surface area contributed by atoms with Gasteiger partial charge in [0.25, 0.3) is 0 Å². The summed E-state index contributed by atoms with van der Waals surface area (Å²) in [6.07, 6.45) is 1.43. The van der Waals surface area contributed by atoms with Crippen LogP contribution in [0.5, 0.6) is 0 Å². The fourth-order valence-corrected chi connectivity index (χ4v) is 2.94. The van der Waals surface area contributed by atoms with Crippen LogP contribution < -0.4 is 0 Å². The van der Waals surface area contributed by atoms with Gasteiger partial charge >= 0.3 is 6.18 Å². The fourth-order valence-electron chi connectivity index (χ4n) is 2.71. The number of carbonyl (C=O) groups is 1. The molecule has 0 bridgehead atoms. The molecule has 0 atom stereocenters. The van der Waals surface area contributed by atoms with Crippen LogP contribution in [0.4, 0.5) is 13.2 Å². The molecule has 4 aromatic rings. The summed E-state index contributed by atoms with van der Waals surface area (Å²) in [4.78, 5) is 17.5. The van der Waals surface area contributed by atoms with Crippen LogP contribution in [0, 0.1) is 0 Å². The minimum atomic E-state index is -4.32. The van der Waals surface area contributed by atoms with Crippen molar-refractivity contribution in [1.29, 1.82) is 0 Å². The van der Waals surface area contributed by atoms with Crippen LogP contribution >= 0.6 is 11.6 Å². The molecule has 3 heterocycles. The highest BCUT2D eigenvalue weighted by Gasteiger charge is 2.25. The number of hydrogen-bond donors (Lipinski definition) is 0. The molecular weight excluding hydrogens is 403 g/mol. The summed E-state index contributed by atoms with van der Waals surface area (Å²) in [7, 11) is 0. The number of halogens is 4. The van der Waals surface area contributed by atoms with Gasteiger partial charge in [-0.15, -0.1) is 0 Å². The van der Waals surface area contributed by atoms with Gasteiger partial charge in [0.1, 0.15) is 12.1 Å². The third-order valence-corrected chi connectivity index (χ3v) is 4.29. The standard InChI is InChI=1S/C18H12ClN3.C3H3F3O/c19-16-12-20-9-6-15(16)13-4-5-17-14(11-13)7-10-22(17)18-3-1-2-8-21-18;4-3(5,6)1-2-7/h1-12H;2H,1H2. The Bertz CT molecular complexity index is 1110. The van der Waals surface area contributed by atoms with Crippen LogP contribution in [-0.4, -0.2) is 27.0 Å². The minimum absolute atomic E-state index is 0.167. The number of rotatable bonds is 3. The summed E-state index contributed by atoms with van der Waals surface area (Å²) < 4.78 is 34.6. The molecule has 0 saturated carbocycles. The number of aldehydes is 1. The van der Waals surface area contributed by atoms with Gasteiger partial charge in [-0.05, 0) is 42.0 Å². The van der Waals surface area contributed by atoms with Crippen LogP contribution in [0.25, 0.3) is 27.8 Å². The van der Waals surface area contributed by atoms with E-state index in [0.29, 0.717) is 5.02 Å². The van der Waals surface area contributed by atoms with Crippen molar-refractivity contribution in [2.45, 2.75) is 12.6 Å². The normalized spacial score (nSPS) is 11.0. The lowest BCUT2D eigenvalue weighted by atomic mass is 10.1. The molecule has 0 spiro atoms. The second kappa shape index (κ2) is 8.87. The summed E-state index contributed by atoms with van der Waals surface area (Å²) >= 11 is 6.23. The molecule has 4 rings (SSSR count). The molecule has 3 aromatic heterocycles. The zero-order chi connectivity index (χ0) is 20.9. The molecule has 0 N–H and O–H groups in total. The second-order valence-corrected chi connectivity index (χ2v) is 6.40. The number of benzene rings is 1. The Hall–Kier alpha value is -3.19. The third kappa shape index (κ3) is 5.20. The van der Waals surface area contributed by atoms with E-state index in [1.165, 1.54) is 0 Å². The fraction of sp³-hybridized carbons (Fsp3) is 0.0952. The number of nitrogens with zero attached hydrogens (tertiary/aromatic N) is 3. The predicted molar refractivity (Wildman–Crippen MR) is 106 cm³/mol. The lowest BCUT2D eigenvalue weighted by Gasteiger charge is -2.06. The smallest absolute Gasteiger partial charge is 0.303 e. The van der Waals surface area contributed by atoms with Crippen LogP contribution in [0.1, 0.15) is 6.42 Å². The summed E-state index contributed by atoms with van der Waals surface area (Å²) in [5, 5.41) is 1.81. The molecule has 0 aliphatic rings. The largest absolute Gasteiger partial charge is 0.395 e. The number of carbonyl (C=O) groups excluding carboxylic acids is 1. The Morgan fingerprint density at radius 2 is 1.90 bits per heavy atom. The first-order valence-corrected chi connectivity index (χ1v) is 8.89. The van der Waals surface area contributed by atoms with Crippen molar-refractivity contribution < 1.29 is 18.0 Å². The molecular formula is C21H15ClF3N3O. The topological polar surface area (TPSA) is 47.8 Å². The van der Waals surface area contributed by atoms with E-state index >= 15 is 0 Å². The van der Waals surface area contributed by atoms with Crippen molar-refractivity contribution in [1.82, 2.24) is 14.5 Å². The molecule has 0 radical (unpaired) electrons. The quantitative estimate of drug-likeness (QED) is 0.391. The van der Waals surface area contributed by atoms with Gasteiger partial charge in [0.05, 0.1) is 17.0 Å². The van der Waals surface area contributed by atoms with Crippen LogP contribution in [-0.2, 0) is 4.79 Å². The van der Waals surface area contributed by atoms with E-state index in [-0.39, 0.29) is 6.29 Å². The second-order valence-electron chi connectivity index (χ2n) is 5.99. The molecule has 0 fully saturated rings. The maximum atomic E-state index is 10.8. The van der Waals surface area contributed by atoms with Crippen molar-refractivity contribution in [3.63, 3.8) is 0 Å². The van der Waals surface area contributed by atoms with Crippen molar-refractivity contribution >= 4 is 28.8 Å². The minimum Gasteiger partial charge on any atom is -0.303 e. The lowest BCUT2D eigenvalue weighted by Crippen LogP contribution is -2.06. The number of pyridine rings is 2. The molecule has 1 aromatic carbocycles. The monoisotopic (exact) mass is 417 g/mol. The third-order valence-electron chi connectivity index (χ3n) is 3.98. The van der Waals surface area contributed by atoms with Gasteiger partial charge in [0.15, 0.2) is 0 Å². The average molecular weight is 418 g/mol. The summed E-state index contributed by atoms with van der Waals surface area (Å²) in [5.74, 6) is 0.909. The zero-order valence-corrected chi connectivity index (χ0v) is 15.7. The molecule has 29 heavy (non-hydrogen) atoms. The van der Waals surface area contributed by atoms with Gasteiger partial charge in [0.2, 0.25) is 0 Å². The Labute approximate surface area is 169 Å². The highest BCUT2D eigenvalue weighted by molar-refractivity contribution is 6.33. The van der Waals surface area contributed by atoms with Crippen molar-refractivity contribution in [3.05, 3.63) is 78.3 Å². The summed E-state index contributed by atoms with van der Waals surface area (Å²) in [6, 6.07) is 16.2. The van der Waals surface area contributed by atoms with Crippen LogP contribution in [0.15, 0.2) is 73.3 Å². The van der Waals surface area contributed by atoms with E-state index in [1.54, 1.807) is 18.6 Å². The van der Waals surface area contributed by atoms with E-state index in [4.69, 9.17) is 16.4 Å². The Morgan fingerprint density at radius 1 is 1.07 bits per heavy atom. The van der Waals surface area contributed by atoms with Gasteiger partial charge in [0, 0.05) is 35.7 Å². The van der Waals surface area contributed by atoms with Gasteiger partial charge in [-0.3, -0.25) is 4.98 Å². The van der Waals surface area contributed by atoms with E-state index in [0.717, 1.165) is 27.8 Å². The lowest BCUT2D eigenvalue weighted by molar-refractivity contribution is -0.144. The number of aromatic nitrogens is 3. The number of fused-ring (bicyclic) bond motifs is 1. The molecule has 4 nitrogen and oxygen atoms in total. The molecule has 148 valence electrons. The summed E-state index contributed by atoms with van der Waals surface area (Å²) in [5.41, 5.74) is 3.19. The van der Waals surface area contributed by atoms with E-state index in [2.05, 4.69) is 38.8 Å². The molecule has 0 unspecified atom stereocenters. The van der Waals surface area contributed by atoms with Crippen molar-refractivity contribution in [2.75, 3.05) is 0 Å². The molecule has 8 heteroatoms. The first kappa shape index (κ1) is 20.5. The van der Waals surface area contributed by atoms with Crippen molar-refractivity contribution in [2.24, 2.45) is 0 Å². The average Bonchev–Trinajstić information content (AvgIpc) is 3.12. The Balaban J connectivity index is 0.000000298. The Kier molecular flexibility index (Phi) is 6.29. The first-order valence-electron chi connectivity index (χ1n) is 8.52. The summed E-state index contributed by atoms with van der Waals surface area (Å²) in [6.45, 7) is 0. The number of hydrogen-bond acceptors (Lipinski definition) is 3. The predicted octanol–water partition coefficient (Wildman–Crippen LogP) is 5.88. The van der Waals surface area contributed by atoms with E-state index in [9.17, 15) is 13.2 Å². The highest BCUT2D eigenvalue weighted by atomic mass is 35.5. The van der Waals surface area contributed by atoms with Crippen LogP contribution in [0.2, 0.25) is 5.02 Å². The van der Waals surface area contributed by atoms with Gasteiger partial charge in [-0.1, -0.05) is 23.7 Å². The van der Waals surface area contributed by atoms with E-state index < -0.39 is 12.6 Å². The first-order chi connectivity index (χ1) is 13.9.